The number of hydrogen-bond donors (Lipinski definition) is 2. The van der Waals surface area contributed by atoms with Crippen LogP contribution < -0.4 is 10.6 Å². The Balaban J connectivity index is 1.84. The second-order valence-corrected chi connectivity index (χ2v) is 4.39. The standard InChI is InChI=1S/C11H13ClFN3O/c12-10-3-7(1-2-14-10)5-16-11(17)9-4-8(13)6-15-9/h1-3,8-9,15H,4-6H2,(H,16,17). The molecular formula is C11H13ClFN3O. The van der Waals surface area contributed by atoms with Crippen LogP contribution in [0.1, 0.15) is 12.0 Å². The highest BCUT2D eigenvalue weighted by Crippen LogP contribution is 2.10. The van der Waals surface area contributed by atoms with Crippen LogP contribution in [0.2, 0.25) is 5.15 Å². The molecule has 2 heterocycles. The highest BCUT2D eigenvalue weighted by atomic mass is 35.5. The van der Waals surface area contributed by atoms with Crippen LogP contribution in [-0.2, 0) is 11.3 Å². The molecule has 1 aliphatic heterocycles. The van der Waals surface area contributed by atoms with Gasteiger partial charge in [-0.2, -0.15) is 0 Å². The van der Waals surface area contributed by atoms with Crippen LogP contribution in [0.5, 0.6) is 0 Å². The predicted molar refractivity (Wildman–Crippen MR) is 62.4 cm³/mol. The Labute approximate surface area is 104 Å². The zero-order chi connectivity index (χ0) is 12.3. The van der Waals surface area contributed by atoms with Gasteiger partial charge in [0.05, 0.1) is 6.04 Å². The summed E-state index contributed by atoms with van der Waals surface area (Å²) >= 11 is 5.72. The fourth-order valence-corrected chi connectivity index (χ4v) is 1.95. The van der Waals surface area contributed by atoms with Crippen LogP contribution >= 0.6 is 11.6 Å². The highest BCUT2D eigenvalue weighted by Gasteiger charge is 2.28. The minimum absolute atomic E-state index is 0.182. The van der Waals surface area contributed by atoms with E-state index in [1.54, 1.807) is 18.3 Å². The predicted octanol–water partition coefficient (Wildman–Crippen LogP) is 1.05. The molecule has 0 spiro atoms. The number of halogens is 2. The summed E-state index contributed by atoms with van der Waals surface area (Å²) in [6, 6.07) is 3.02. The largest absolute Gasteiger partial charge is 0.351 e. The lowest BCUT2D eigenvalue weighted by atomic mass is 10.2. The van der Waals surface area contributed by atoms with Crippen molar-refractivity contribution in [1.29, 1.82) is 0 Å². The molecule has 6 heteroatoms. The van der Waals surface area contributed by atoms with E-state index in [0.717, 1.165) is 5.56 Å². The van der Waals surface area contributed by atoms with Gasteiger partial charge in [0.2, 0.25) is 5.91 Å². The van der Waals surface area contributed by atoms with Crippen molar-refractivity contribution < 1.29 is 9.18 Å². The average Bonchev–Trinajstić information content (AvgIpc) is 2.73. The van der Waals surface area contributed by atoms with Gasteiger partial charge in [-0.25, -0.2) is 9.37 Å². The number of alkyl halides is 1. The molecule has 4 nitrogen and oxygen atoms in total. The summed E-state index contributed by atoms with van der Waals surface area (Å²) < 4.78 is 12.9. The molecule has 0 saturated carbocycles. The van der Waals surface area contributed by atoms with Gasteiger partial charge in [0, 0.05) is 25.7 Å². The summed E-state index contributed by atoms with van der Waals surface area (Å²) in [4.78, 5) is 15.5. The summed E-state index contributed by atoms with van der Waals surface area (Å²) in [5.74, 6) is -0.182. The molecule has 1 amide bonds. The molecule has 1 saturated heterocycles. The smallest absolute Gasteiger partial charge is 0.237 e. The summed E-state index contributed by atoms with van der Waals surface area (Å²) in [5, 5.41) is 5.95. The maximum absolute atomic E-state index is 12.9. The van der Waals surface area contributed by atoms with Crippen molar-refractivity contribution in [2.75, 3.05) is 6.54 Å². The third kappa shape index (κ3) is 3.38. The van der Waals surface area contributed by atoms with Gasteiger partial charge in [-0.1, -0.05) is 11.6 Å². The zero-order valence-electron chi connectivity index (χ0n) is 9.12. The minimum Gasteiger partial charge on any atom is -0.351 e. The third-order valence-corrected chi connectivity index (χ3v) is 2.86. The molecule has 0 aliphatic carbocycles. The number of nitrogens with zero attached hydrogens (tertiary/aromatic N) is 1. The van der Waals surface area contributed by atoms with Crippen molar-refractivity contribution in [3.8, 4) is 0 Å². The van der Waals surface area contributed by atoms with E-state index in [0.29, 0.717) is 11.7 Å². The zero-order valence-corrected chi connectivity index (χ0v) is 9.88. The SMILES string of the molecule is O=C(NCc1ccnc(Cl)c1)C1CC(F)CN1. The maximum Gasteiger partial charge on any atom is 0.237 e. The fourth-order valence-electron chi connectivity index (χ4n) is 1.76. The number of rotatable bonds is 3. The minimum atomic E-state index is -0.930. The number of amides is 1. The van der Waals surface area contributed by atoms with Gasteiger partial charge in [-0.15, -0.1) is 0 Å². The van der Waals surface area contributed by atoms with Crippen molar-refractivity contribution in [1.82, 2.24) is 15.6 Å². The first-order chi connectivity index (χ1) is 8.15. The summed E-state index contributed by atoms with van der Waals surface area (Å²) in [6.45, 7) is 0.620. The molecule has 2 N–H and O–H groups in total. The first-order valence-electron chi connectivity index (χ1n) is 5.41. The number of aromatic nitrogens is 1. The number of carbonyl (C=O) groups excluding carboxylic acids is 1. The van der Waals surface area contributed by atoms with Gasteiger partial charge in [-0.3, -0.25) is 4.79 Å². The topological polar surface area (TPSA) is 54.0 Å². The molecule has 1 fully saturated rings. The van der Waals surface area contributed by atoms with E-state index in [4.69, 9.17) is 11.6 Å². The second-order valence-electron chi connectivity index (χ2n) is 4.00. The maximum atomic E-state index is 12.9. The van der Waals surface area contributed by atoms with Gasteiger partial charge in [0.25, 0.3) is 0 Å². The van der Waals surface area contributed by atoms with Crippen molar-refractivity contribution in [3.05, 3.63) is 29.0 Å². The molecule has 2 rings (SSSR count). The third-order valence-electron chi connectivity index (χ3n) is 2.65. The number of nitrogens with one attached hydrogen (secondary N) is 2. The van der Waals surface area contributed by atoms with E-state index >= 15 is 0 Å². The lowest BCUT2D eigenvalue weighted by Crippen LogP contribution is -2.40. The Kier molecular flexibility index (Phi) is 3.91. The van der Waals surface area contributed by atoms with E-state index in [2.05, 4.69) is 15.6 Å². The van der Waals surface area contributed by atoms with Crippen LogP contribution in [0.4, 0.5) is 4.39 Å². The molecule has 0 radical (unpaired) electrons. The average molecular weight is 258 g/mol. The molecule has 1 aromatic heterocycles. The quantitative estimate of drug-likeness (QED) is 0.796. The van der Waals surface area contributed by atoms with E-state index in [9.17, 15) is 9.18 Å². The number of hydrogen-bond acceptors (Lipinski definition) is 3. The first kappa shape index (κ1) is 12.3. The first-order valence-corrected chi connectivity index (χ1v) is 5.78. The molecule has 0 bridgehead atoms. The molecule has 1 aromatic rings. The molecule has 2 unspecified atom stereocenters. The molecule has 2 atom stereocenters. The van der Waals surface area contributed by atoms with Crippen LogP contribution in [0.15, 0.2) is 18.3 Å². The Morgan fingerprint density at radius 3 is 3.18 bits per heavy atom. The Morgan fingerprint density at radius 1 is 1.71 bits per heavy atom. The van der Waals surface area contributed by atoms with E-state index < -0.39 is 12.2 Å². The second kappa shape index (κ2) is 5.42. The van der Waals surface area contributed by atoms with Gasteiger partial charge in [-0.05, 0) is 17.7 Å². The molecule has 1 aliphatic rings. The Bertz CT molecular complexity index is 415. The Morgan fingerprint density at radius 2 is 2.53 bits per heavy atom. The van der Waals surface area contributed by atoms with Crippen molar-refractivity contribution >= 4 is 17.5 Å². The summed E-state index contributed by atoms with van der Waals surface area (Å²) in [5.41, 5.74) is 0.869. The van der Waals surface area contributed by atoms with Crippen LogP contribution in [0.3, 0.4) is 0 Å². The van der Waals surface area contributed by atoms with Gasteiger partial charge < -0.3 is 10.6 Å². The van der Waals surface area contributed by atoms with Crippen LogP contribution in [0.25, 0.3) is 0 Å². The normalized spacial score (nSPS) is 23.6. The van der Waals surface area contributed by atoms with Crippen LogP contribution in [0, 0.1) is 0 Å². The lowest BCUT2D eigenvalue weighted by Gasteiger charge is -2.10. The van der Waals surface area contributed by atoms with Crippen molar-refractivity contribution in [3.63, 3.8) is 0 Å². The monoisotopic (exact) mass is 257 g/mol. The van der Waals surface area contributed by atoms with Gasteiger partial charge >= 0.3 is 0 Å². The lowest BCUT2D eigenvalue weighted by molar-refractivity contribution is -0.123. The van der Waals surface area contributed by atoms with Crippen LogP contribution in [-0.4, -0.2) is 29.6 Å². The summed E-state index contributed by atoms with van der Waals surface area (Å²) in [6.07, 6.45) is 0.888. The summed E-state index contributed by atoms with van der Waals surface area (Å²) in [7, 11) is 0. The van der Waals surface area contributed by atoms with Gasteiger partial charge in [0.15, 0.2) is 0 Å². The van der Waals surface area contributed by atoms with Gasteiger partial charge in [0.1, 0.15) is 11.3 Å². The van der Waals surface area contributed by atoms with Crippen molar-refractivity contribution in [2.24, 2.45) is 0 Å². The fraction of sp³-hybridized carbons (Fsp3) is 0.455. The number of pyridine rings is 1. The van der Waals surface area contributed by atoms with Crippen molar-refractivity contribution in [2.45, 2.75) is 25.2 Å². The molecule has 92 valence electrons. The molecular weight excluding hydrogens is 245 g/mol. The molecule has 17 heavy (non-hydrogen) atoms. The van der Waals surface area contributed by atoms with E-state index in [1.165, 1.54) is 0 Å². The van der Waals surface area contributed by atoms with E-state index in [1.807, 2.05) is 0 Å². The number of carbonyl (C=O) groups is 1. The molecule has 0 aromatic carbocycles. The highest BCUT2D eigenvalue weighted by molar-refractivity contribution is 6.29. The Hall–Kier alpha value is -1.20. The van der Waals surface area contributed by atoms with E-state index in [-0.39, 0.29) is 18.9 Å².